The van der Waals surface area contributed by atoms with E-state index in [-0.39, 0.29) is 5.75 Å². The van der Waals surface area contributed by atoms with E-state index >= 15 is 0 Å². The number of fused-ring (bicyclic) bond motifs is 1. The maximum Gasteiger partial charge on any atom is 0.124 e. The number of hydrogen-bond acceptors (Lipinski definition) is 2. The Morgan fingerprint density at radius 3 is 2.03 bits per heavy atom. The van der Waals surface area contributed by atoms with Gasteiger partial charge in [-0.05, 0) is 101 Å². The Morgan fingerprint density at radius 2 is 1.31 bits per heavy atom. The summed E-state index contributed by atoms with van der Waals surface area (Å²) in [4.78, 5) is 4.75. The van der Waals surface area contributed by atoms with Gasteiger partial charge in [-0.3, -0.25) is 4.99 Å². The first kappa shape index (κ1) is 20.9. The van der Waals surface area contributed by atoms with Gasteiger partial charge in [-0.1, -0.05) is 72.8 Å². The van der Waals surface area contributed by atoms with Gasteiger partial charge in [0, 0.05) is 11.8 Å². The summed E-state index contributed by atoms with van der Waals surface area (Å²) in [5.74, 6) is 1.97. The van der Waals surface area contributed by atoms with E-state index < -0.39 is 0 Å². The standard InChI is InChI=1S/C33H31NO/c35-31-15-10-25-6-4-5-9-29(25)30(31)21-34-28-13-11-27(12-14-28)33-19-23-16-24(20-33)18-32(17-23,22-33)26-7-2-1-3-8-26/h1-15,21,23-24,35H,16-20,22H2/t23-,24-,32?,33?/m1/s1. The molecular formula is C33H31NO. The van der Waals surface area contributed by atoms with Crippen LogP contribution < -0.4 is 0 Å². The zero-order valence-corrected chi connectivity index (χ0v) is 20.0. The molecule has 0 amide bonds. The van der Waals surface area contributed by atoms with Crippen LogP contribution in [0.5, 0.6) is 5.75 Å². The Morgan fingerprint density at radius 1 is 0.686 bits per heavy atom. The van der Waals surface area contributed by atoms with E-state index in [0.717, 1.165) is 33.9 Å². The molecule has 4 fully saturated rings. The minimum Gasteiger partial charge on any atom is -0.507 e. The van der Waals surface area contributed by atoms with E-state index in [9.17, 15) is 5.11 Å². The van der Waals surface area contributed by atoms with Crippen molar-refractivity contribution in [2.24, 2.45) is 16.8 Å². The first-order valence-electron chi connectivity index (χ1n) is 13.0. The summed E-state index contributed by atoms with van der Waals surface area (Å²) >= 11 is 0. The smallest absolute Gasteiger partial charge is 0.124 e. The normalized spacial score (nSPS) is 29.3. The van der Waals surface area contributed by atoms with Gasteiger partial charge < -0.3 is 5.11 Å². The summed E-state index contributed by atoms with van der Waals surface area (Å²) < 4.78 is 0. The zero-order valence-electron chi connectivity index (χ0n) is 20.0. The van der Waals surface area contributed by atoms with Gasteiger partial charge in [-0.2, -0.15) is 0 Å². The molecule has 0 spiro atoms. The molecule has 0 unspecified atom stereocenters. The van der Waals surface area contributed by atoms with Crippen LogP contribution in [0.15, 0.2) is 96.0 Å². The molecule has 174 valence electrons. The van der Waals surface area contributed by atoms with Crippen molar-refractivity contribution in [2.75, 3.05) is 0 Å². The Labute approximate surface area is 207 Å². The molecule has 4 saturated carbocycles. The van der Waals surface area contributed by atoms with Gasteiger partial charge in [-0.15, -0.1) is 0 Å². The molecule has 0 aromatic heterocycles. The fraction of sp³-hybridized carbons (Fsp3) is 0.303. The first-order valence-corrected chi connectivity index (χ1v) is 13.0. The molecule has 0 aliphatic heterocycles. The maximum absolute atomic E-state index is 10.5. The Kier molecular flexibility index (Phi) is 4.67. The van der Waals surface area contributed by atoms with Gasteiger partial charge >= 0.3 is 0 Å². The summed E-state index contributed by atoms with van der Waals surface area (Å²) in [5, 5.41) is 12.6. The average Bonchev–Trinajstić information content (AvgIpc) is 2.88. The number of nitrogens with zero attached hydrogens (tertiary/aromatic N) is 1. The fourth-order valence-electron chi connectivity index (χ4n) is 8.19. The van der Waals surface area contributed by atoms with Gasteiger partial charge in [0.2, 0.25) is 0 Å². The van der Waals surface area contributed by atoms with E-state index in [4.69, 9.17) is 4.99 Å². The second-order valence-electron chi connectivity index (χ2n) is 11.4. The lowest BCUT2D eigenvalue weighted by molar-refractivity contribution is -0.0281. The van der Waals surface area contributed by atoms with Crippen molar-refractivity contribution < 1.29 is 5.11 Å². The summed E-state index contributed by atoms with van der Waals surface area (Å²) in [6.45, 7) is 0. The predicted molar refractivity (Wildman–Crippen MR) is 144 cm³/mol. The lowest BCUT2D eigenvalue weighted by Crippen LogP contribution is -2.55. The minimum absolute atomic E-state index is 0.267. The highest BCUT2D eigenvalue weighted by atomic mass is 16.3. The molecular weight excluding hydrogens is 426 g/mol. The minimum atomic E-state index is 0.267. The second-order valence-corrected chi connectivity index (χ2v) is 11.4. The molecule has 4 bridgehead atoms. The van der Waals surface area contributed by atoms with Crippen LogP contribution in [-0.4, -0.2) is 11.3 Å². The highest BCUT2D eigenvalue weighted by Gasteiger charge is 2.58. The molecule has 35 heavy (non-hydrogen) atoms. The van der Waals surface area contributed by atoms with E-state index in [0.29, 0.717) is 10.8 Å². The van der Waals surface area contributed by atoms with Crippen molar-refractivity contribution in [1.82, 2.24) is 0 Å². The van der Waals surface area contributed by atoms with Crippen LogP contribution in [0.3, 0.4) is 0 Å². The Bertz CT molecular complexity index is 1400. The van der Waals surface area contributed by atoms with E-state index in [1.165, 1.54) is 44.1 Å². The SMILES string of the molecule is Oc1ccc2ccccc2c1C=Nc1ccc(C23C[C@@H]4C[C@H](CC(c5ccccc5)(C4)C2)C3)cc1. The Balaban J connectivity index is 1.20. The number of hydrogen-bond donors (Lipinski definition) is 1. The summed E-state index contributed by atoms with van der Waals surface area (Å²) in [6, 6.07) is 32.2. The molecule has 1 N–H and O–H groups in total. The number of aliphatic imine (C=N–C) groups is 1. The van der Waals surface area contributed by atoms with Crippen molar-refractivity contribution in [1.29, 1.82) is 0 Å². The monoisotopic (exact) mass is 457 g/mol. The van der Waals surface area contributed by atoms with E-state index in [1.54, 1.807) is 11.6 Å². The van der Waals surface area contributed by atoms with Gasteiger partial charge in [0.1, 0.15) is 5.75 Å². The van der Waals surface area contributed by atoms with Crippen molar-refractivity contribution in [3.63, 3.8) is 0 Å². The van der Waals surface area contributed by atoms with Crippen LogP contribution >= 0.6 is 0 Å². The topological polar surface area (TPSA) is 32.6 Å². The molecule has 4 aromatic carbocycles. The zero-order chi connectivity index (χ0) is 23.5. The lowest BCUT2D eigenvalue weighted by atomic mass is 9.42. The van der Waals surface area contributed by atoms with Crippen LogP contribution in [0.2, 0.25) is 0 Å². The van der Waals surface area contributed by atoms with Gasteiger partial charge in [0.15, 0.2) is 0 Å². The van der Waals surface area contributed by atoms with Crippen LogP contribution in [-0.2, 0) is 10.8 Å². The van der Waals surface area contributed by atoms with Crippen molar-refractivity contribution in [3.05, 3.63) is 108 Å². The molecule has 8 rings (SSSR count). The number of rotatable bonds is 4. The molecule has 4 aliphatic rings. The van der Waals surface area contributed by atoms with Gasteiger partial charge in [0.05, 0.1) is 5.69 Å². The number of phenols is 1. The highest BCUT2D eigenvalue weighted by molar-refractivity contribution is 6.02. The molecule has 0 saturated heterocycles. The predicted octanol–water partition coefficient (Wildman–Crippen LogP) is 8.09. The van der Waals surface area contributed by atoms with Crippen LogP contribution in [0, 0.1) is 11.8 Å². The fourth-order valence-corrected chi connectivity index (χ4v) is 8.19. The molecule has 2 heteroatoms. The summed E-state index contributed by atoms with van der Waals surface area (Å²) in [7, 11) is 0. The lowest BCUT2D eigenvalue weighted by Gasteiger charge is -2.62. The van der Waals surface area contributed by atoms with Crippen LogP contribution in [0.1, 0.15) is 55.2 Å². The van der Waals surface area contributed by atoms with Crippen molar-refractivity contribution in [3.8, 4) is 5.75 Å². The quantitative estimate of drug-likeness (QED) is 0.309. The Hall–Kier alpha value is -3.39. The first-order chi connectivity index (χ1) is 17.1. The second kappa shape index (κ2) is 7.81. The third-order valence-corrected chi connectivity index (χ3v) is 9.22. The molecule has 0 radical (unpaired) electrons. The molecule has 2 atom stereocenters. The third-order valence-electron chi connectivity index (χ3n) is 9.22. The number of phenolic OH excluding ortho intramolecular Hbond substituents is 1. The molecule has 0 heterocycles. The summed E-state index contributed by atoms with van der Waals surface area (Å²) in [6.07, 6.45) is 9.92. The van der Waals surface area contributed by atoms with E-state index in [2.05, 4.69) is 60.7 Å². The van der Waals surface area contributed by atoms with Crippen molar-refractivity contribution >= 4 is 22.7 Å². The molecule has 4 aromatic rings. The number of aromatic hydroxyl groups is 1. The number of benzene rings is 4. The average molecular weight is 458 g/mol. The molecule has 4 aliphatic carbocycles. The molecule has 2 nitrogen and oxygen atoms in total. The van der Waals surface area contributed by atoms with Crippen molar-refractivity contribution in [2.45, 2.75) is 49.4 Å². The van der Waals surface area contributed by atoms with Crippen LogP contribution in [0.25, 0.3) is 10.8 Å². The highest BCUT2D eigenvalue weighted by Crippen LogP contribution is 2.66. The largest absolute Gasteiger partial charge is 0.507 e. The van der Waals surface area contributed by atoms with Crippen LogP contribution in [0.4, 0.5) is 5.69 Å². The van der Waals surface area contributed by atoms with Gasteiger partial charge in [0.25, 0.3) is 0 Å². The van der Waals surface area contributed by atoms with E-state index in [1.807, 2.05) is 30.5 Å². The van der Waals surface area contributed by atoms with Gasteiger partial charge in [-0.25, -0.2) is 0 Å². The summed E-state index contributed by atoms with van der Waals surface area (Å²) in [5.41, 5.74) is 5.43. The maximum atomic E-state index is 10.5. The third kappa shape index (κ3) is 3.42.